The SMILES string of the molecule is Cc1ccc([C@H](Cc2cnccn2)C2CC2)cc1. The van der Waals surface area contributed by atoms with Crippen molar-refractivity contribution in [2.45, 2.75) is 32.1 Å². The van der Waals surface area contributed by atoms with Gasteiger partial charge in [-0.2, -0.15) is 0 Å². The lowest BCUT2D eigenvalue weighted by Gasteiger charge is -2.16. The second-order valence-electron chi connectivity index (χ2n) is 5.26. The van der Waals surface area contributed by atoms with E-state index in [2.05, 4.69) is 41.2 Å². The van der Waals surface area contributed by atoms with Gasteiger partial charge in [-0.1, -0.05) is 29.8 Å². The third kappa shape index (κ3) is 2.58. The summed E-state index contributed by atoms with van der Waals surface area (Å²) in [5.74, 6) is 1.46. The van der Waals surface area contributed by atoms with Crippen LogP contribution < -0.4 is 0 Å². The predicted molar refractivity (Wildman–Crippen MR) is 72.4 cm³/mol. The molecule has 0 amide bonds. The summed E-state index contributed by atoms with van der Waals surface area (Å²) in [7, 11) is 0. The molecule has 1 aromatic heterocycles. The van der Waals surface area contributed by atoms with Gasteiger partial charge in [0.1, 0.15) is 0 Å². The van der Waals surface area contributed by atoms with Gasteiger partial charge in [0, 0.05) is 18.6 Å². The van der Waals surface area contributed by atoms with Gasteiger partial charge in [0.05, 0.1) is 5.69 Å². The standard InChI is InChI=1S/C16H18N2/c1-12-2-4-13(5-3-12)16(14-6-7-14)10-15-11-17-8-9-18-15/h2-5,8-9,11,14,16H,6-7,10H2,1H3/t16-/m0/s1. The first-order valence-corrected chi connectivity index (χ1v) is 6.64. The molecule has 0 unspecified atom stereocenters. The van der Waals surface area contributed by atoms with Crippen LogP contribution in [0.5, 0.6) is 0 Å². The van der Waals surface area contributed by atoms with E-state index in [0.29, 0.717) is 5.92 Å². The molecule has 1 aliphatic rings. The maximum Gasteiger partial charge on any atom is 0.0592 e. The maximum atomic E-state index is 4.41. The molecule has 1 heterocycles. The molecule has 0 aliphatic heterocycles. The largest absolute Gasteiger partial charge is 0.261 e. The molecule has 0 bridgehead atoms. The number of hydrogen-bond donors (Lipinski definition) is 0. The van der Waals surface area contributed by atoms with Crippen molar-refractivity contribution >= 4 is 0 Å². The Bertz CT molecular complexity index is 500. The highest BCUT2D eigenvalue weighted by atomic mass is 14.8. The average molecular weight is 238 g/mol. The molecule has 0 spiro atoms. The number of hydrogen-bond acceptors (Lipinski definition) is 2. The van der Waals surface area contributed by atoms with Crippen LogP contribution in [0.3, 0.4) is 0 Å². The van der Waals surface area contributed by atoms with Gasteiger partial charge in [0.15, 0.2) is 0 Å². The highest BCUT2D eigenvalue weighted by molar-refractivity contribution is 5.27. The van der Waals surface area contributed by atoms with Crippen LogP contribution >= 0.6 is 0 Å². The molecule has 3 rings (SSSR count). The third-order valence-corrected chi connectivity index (χ3v) is 3.74. The second kappa shape index (κ2) is 4.89. The fourth-order valence-corrected chi connectivity index (χ4v) is 2.53. The Morgan fingerprint density at radius 2 is 1.94 bits per heavy atom. The van der Waals surface area contributed by atoms with Gasteiger partial charge in [-0.05, 0) is 43.6 Å². The average Bonchev–Trinajstić information content (AvgIpc) is 3.23. The number of benzene rings is 1. The summed E-state index contributed by atoms with van der Waals surface area (Å²) in [5, 5.41) is 0. The van der Waals surface area contributed by atoms with Crippen LogP contribution in [0.4, 0.5) is 0 Å². The zero-order chi connectivity index (χ0) is 12.4. The van der Waals surface area contributed by atoms with Crippen LogP contribution in [0.15, 0.2) is 42.9 Å². The lowest BCUT2D eigenvalue weighted by Crippen LogP contribution is -2.07. The zero-order valence-electron chi connectivity index (χ0n) is 10.7. The summed E-state index contributed by atoms with van der Waals surface area (Å²) in [4.78, 5) is 8.57. The molecule has 2 aromatic rings. The molecular weight excluding hydrogens is 220 g/mol. The van der Waals surface area contributed by atoms with Gasteiger partial charge in [-0.25, -0.2) is 0 Å². The first-order valence-electron chi connectivity index (χ1n) is 6.64. The molecule has 1 aliphatic carbocycles. The molecule has 18 heavy (non-hydrogen) atoms. The Morgan fingerprint density at radius 1 is 1.17 bits per heavy atom. The van der Waals surface area contributed by atoms with Gasteiger partial charge in [-0.3, -0.25) is 9.97 Å². The van der Waals surface area contributed by atoms with Crippen molar-refractivity contribution < 1.29 is 0 Å². The van der Waals surface area contributed by atoms with Gasteiger partial charge in [-0.15, -0.1) is 0 Å². The number of aryl methyl sites for hydroxylation is 1. The molecule has 92 valence electrons. The second-order valence-corrected chi connectivity index (χ2v) is 5.26. The molecule has 2 nitrogen and oxygen atoms in total. The molecule has 1 saturated carbocycles. The van der Waals surface area contributed by atoms with Crippen LogP contribution in [0, 0.1) is 12.8 Å². The van der Waals surface area contributed by atoms with E-state index in [1.807, 2.05) is 6.20 Å². The maximum absolute atomic E-state index is 4.41. The molecule has 0 radical (unpaired) electrons. The fourth-order valence-electron chi connectivity index (χ4n) is 2.53. The zero-order valence-corrected chi connectivity index (χ0v) is 10.7. The Labute approximate surface area is 108 Å². The molecule has 2 heteroatoms. The third-order valence-electron chi connectivity index (χ3n) is 3.74. The van der Waals surface area contributed by atoms with E-state index in [4.69, 9.17) is 0 Å². The summed E-state index contributed by atoms with van der Waals surface area (Å²) >= 11 is 0. The Kier molecular flexibility index (Phi) is 3.09. The van der Waals surface area contributed by atoms with Crippen LogP contribution in [-0.4, -0.2) is 9.97 Å². The molecular formula is C16H18N2. The first kappa shape index (κ1) is 11.4. The Morgan fingerprint density at radius 3 is 2.56 bits per heavy atom. The van der Waals surface area contributed by atoms with E-state index in [1.54, 1.807) is 12.4 Å². The Balaban J connectivity index is 1.82. The number of aromatic nitrogens is 2. The Hall–Kier alpha value is -1.70. The van der Waals surface area contributed by atoms with Crippen molar-refractivity contribution in [1.29, 1.82) is 0 Å². The minimum atomic E-state index is 0.613. The molecule has 1 atom stereocenters. The molecule has 1 fully saturated rings. The number of nitrogens with zero attached hydrogens (tertiary/aromatic N) is 2. The van der Waals surface area contributed by atoms with Crippen LogP contribution in [-0.2, 0) is 6.42 Å². The quantitative estimate of drug-likeness (QED) is 0.814. The van der Waals surface area contributed by atoms with Crippen molar-refractivity contribution in [3.05, 3.63) is 59.7 Å². The minimum Gasteiger partial charge on any atom is -0.261 e. The first-order chi connectivity index (χ1) is 8.83. The summed E-state index contributed by atoms with van der Waals surface area (Å²) < 4.78 is 0. The van der Waals surface area contributed by atoms with E-state index in [9.17, 15) is 0 Å². The van der Waals surface area contributed by atoms with Crippen molar-refractivity contribution in [3.8, 4) is 0 Å². The van der Waals surface area contributed by atoms with E-state index in [0.717, 1.165) is 18.0 Å². The molecule has 0 N–H and O–H groups in total. The van der Waals surface area contributed by atoms with E-state index in [1.165, 1.54) is 24.0 Å². The monoisotopic (exact) mass is 238 g/mol. The van der Waals surface area contributed by atoms with Gasteiger partial charge < -0.3 is 0 Å². The fraction of sp³-hybridized carbons (Fsp3) is 0.375. The van der Waals surface area contributed by atoms with Crippen LogP contribution in [0.25, 0.3) is 0 Å². The van der Waals surface area contributed by atoms with E-state index in [-0.39, 0.29) is 0 Å². The van der Waals surface area contributed by atoms with Crippen molar-refractivity contribution in [2.75, 3.05) is 0 Å². The lowest BCUT2D eigenvalue weighted by molar-refractivity contribution is 0.592. The topological polar surface area (TPSA) is 25.8 Å². The highest BCUT2D eigenvalue weighted by Gasteiger charge is 2.32. The number of rotatable bonds is 4. The summed E-state index contributed by atoms with van der Waals surface area (Å²) in [6, 6.07) is 8.96. The molecule has 1 aromatic carbocycles. The van der Waals surface area contributed by atoms with Crippen molar-refractivity contribution in [2.24, 2.45) is 5.92 Å². The summed E-state index contributed by atoms with van der Waals surface area (Å²) in [6.45, 7) is 2.14. The van der Waals surface area contributed by atoms with E-state index < -0.39 is 0 Å². The smallest absolute Gasteiger partial charge is 0.0592 e. The van der Waals surface area contributed by atoms with E-state index >= 15 is 0 Å². The summed E-state index contributed by atoms with van der Waals surface area (Å²) in [6.07, 6.45) is 9.15. The summed E-state index contributed by atoms with van der Waals surface area (Å²) in [5.41, 5.74) is 3.89. The minimum absolute atomic E-state index is 0.613. The highest BCUT2D eigenvalue weighted by Crippen LogP contribution is 2.44. The molecule has 0 saturated heterocycles. The van der Waals surface area contributed by atoms with Crippen molar-refractivity contribution in [1.82, 2.24) is 9.97 Å². The van der Waals surface area contributed by atoms with Crippen LogP contribution in [0.2, 0.25) is 0 Å². The van der Waals surface area contributed by atoms with Crippen molar-refractivity contribution in [3.63, 3.8) is 0 Å². The van der Waals surface area contributed by atoms with Gasteiger partial charge in [0.25, 0.3) is 0 Å². The van der Waals surface area contributed by atoms with Crippen LogP contribution in [0.1, 0.15) is 35.6 Å². The predicted octanol–water partition coefficient (Wildman–Crippen LogP) is 3.52. The van der Waals surface area contributed by atoms with Gasteiger partial charge >= 0.3 is 0 Å². The lowest BCUT2D eigenvalue weighted by atomic mass is 9.89. The van der Waals surface area contributed by atoms with Gasteiger partial charge in [0.2, 0.25) is 0 Å². The normalized spacial score (nSPS) is 16.5.